The number of halogens is 1. The first-order valence-corrected chi connectivity index (χ1v) is 14.6. The third-order valence-electron chi connectivity index (χ3n) is 5.98. The lowest BCUT2D eigenvalue weighted by molar-refractivity contribution is -0.219. The van der Waals surface area contributed by atoms with Gasteiger partial charge < -0.3 is 10.1 Å². The van der Waals surface area contributed by atoms with E-state index in [4.69, 9.17) is 0 Å². The predicted octanol–water partition coefficient (Wildman–Crippen LogP) is 7.88. The molecule has 0 atom stereocenters. The minimum Gasteiger partial charge on any atom is -0.862 e. The molecule has 0 bridgehead atoms. The summed E-state index contributed by atoms with van der Waals surface area (Å²) in [4.78, 5) is 3.70. The fourth-order valence-electron chi connectivity index (χ4n) is 4.05. The van der Waals surface area contributed by atoms with Crippen molar-refractivity contribution < 1.29 is 5.11 Å². The molecule has 0 spiro atoms. The first kappa shape index (κ1) is 30.6. The Morgan fingerprint density at radius 1 is 0.607 bits per heavy atom. The van der Waals surface area contributed by atoms with E-state index in [0.717, 1.165) is 6.42 Å². The molecule has 28 heavy (non-hydrogen) atoms. The summed E-state index contributed by atoms with van der Waals surface area (Å²) in [6.45, 7) is 7.09. The average molecular weight is 481 g/mol. The van der Waals surface area contributed by atoms with E-state index < -0.39 is 7.26 Å². The van der Waals surface area contributed by atoms with Crippen LogP contribution in [0, 0.1) is 0 Å². The molecule has 0 N–H and O–H groups in total. The zero-order valence-electron chi connectivity index (χ0n) is 19.6. The van der Waals surface area contributed by atoms with Gasteiger partial charge in [0.05, 0.1) is 24.6 Å². The largest absolute Gasteiger partial charge is 0.862 e. The lowest BCUT2D eigenvalue weighted by Crippen LogP contribution is -2.16. The molecular formula is C24H51BrNOP. The third kappa shape index (κ3) is 17.3. The number of aliphatic imine (C=N–C) groups is 1. The standard InChI is InChI=1S/C24H50NOP.BrH/c1-5-8-20-27(21-9-6-2,22-10-7-3)23-18-16-14-12-11-13-15-17-19-24(26)25-4;/h5-23H2,1-4H3;1H. The van der Waals surface area contributed by atoms with E-state index >= 15 is 0 Å². The van der Waals surface area contributed by atoms with Gasteiger partial charge in [0.2, 0.25) is 0 Å². The van der Waals surface area contributed by atoms with Crippen LogP contribution in [0.4, 0.5) is 0 Å². The molecule has 0 saturated heterocycles. The molecule has 0 fully saturated rings. The Labute approximate surface area is 188 Å². The number of hydrogen-bond acceptors (Lipinski definition) is 2. The van der Waals surface area contributed by atoms with Gasteiger partial charge >= 0.3 is 0 Å². The fourth-order valence-corrected chi connectivity index (χ4v) is 9.24. The first-order chi connectivity index (χ1) is 13.1. The molecule has 0 aromatic rings. The van der Waals surface area contributed by atoms with E-state index in [1.165, 1.54) is 83.5 Å². The lowest BCUT2D eigenvalue weighted by atomic mass is 10.1. The van der Waals surface area contributed by atoms with Crippen LogP contribution in [0.1, 0.15) is 117 Å². The summed E-state index contributed by atoms with van der Waals surface area (Å²) < 4.78 is 0. The van der Waals surface area contributed by atoms with Gasteiger partial charge in [-0.2, -0.15) is 0 Å². The normalized spacial score (nSPS) is 12.2. The topological polar surface area (TPSA) is 35.4 Å². The van der Waals surface area contributed by atoms with Crippen LogP contribution in [0.15, 0.2) is 4.99 Å². The Kier molecular flexibility index (Phi) is 24.1. The van der Waals surface area contributed by atoms with Crippen molar-refractivity contribution in [3.05, 3.63) is 0 Å². The Morgan fingerprint density at radius 2 is 0.964 bits per heavy atom. The molecule has 0 unspecified atom stereocenters. The summed E-state index contributed by atoms with van der Waals surface area (Å²) in [5.74, 6) is 0.0658. The summed E-state index contributed by atoms with van der Waals surface area (Å²) >= 11 is 0. The van der Waals surface area contributed by atoms with E-state index in [1.807, 2.05) is 0 Å². The highest BCUT2D eigenvalue weighted by Crippen LogP contribution is 2.61. The van der Waals surface area contributed by atoms with Crippen molar-refractivity contribution in [2.24, 2.45) is 4.99 Å². The third-order valence-corrected chi connectivity index (χ3v) is 11.0. The van der Waals surface area contributed by atoms with Crippen LogP contribution >= 0.6 is 24.2 Å². The molecule has 0 radical (unpaired) electrons. The van der Waals surface area contributed by atoms with Gasteiger partial charge in [-0.15, -0.1) is 17.0 Å². The number of rotatable bonds is 20. The van der Waals surface area contributed by atoms with Crippen molar-refractivity contribution >= 4 is 30.1 Å². The van der Waals surface area contributed by atoms with Crippen LogP contribution in [0.3, 0.4) is 0 Å². The molecule has 2 nitrogen and oxygen atoms in total. The van der Waals surface area contributed by atoms with Crippen molar-refractivity contribution in [1.29, 1.82) is 0 Å². The average Bonchev–Trinajstić information content (AvgIpc) is 2.69. The zero-order valence-corrected chi connectivity index (χ0v) is 22.3. The molecule has 0 aliphatic carbocycles. The monoisotopic (exact) mass is 479 g/mol. The summed E-state index contributed by atoms with van der Waals surface area (Å²) in [5.41, 5.74) is 0. The molecule has 0 aliphatic heterocycles. The molecule has 0 amide bonds. The highest BCUT2D eigenvalue weighted by atomic mass is 79.9. The summed E-state index contributed by atoms with van der Waals surface area (Å²) in [7, 11) is 0.934. The smallest absolute Gasteiger partial charge is 0.0594 e. The van der Waals surface area contributed by atoms with Gasteiger partial charge in [0.25, 0.3) is 0 Å². The fraction of sp³-hybridized carbons (Fsp3) is 0.958. The Bertz CT molecular complexity index is 328. The van der Waals surface area contributed by atoms with E-state index in [2.05, 4.69) is 25.8 Å². The number of hydrogen-bond donors (Lipinski definition) is 0. The minimum atomic E-state index is -0.670. The maximum Gasteiger partial charge on any atom is 0.0594 e. The van der Waals surface area contributed by atoms with E-state index in [9.17, 15) is 5.11 Å². The highest BCUT2D eigenvalue weighted by molar-refractivity contribution is 8.93. The quantitative estimate of drug-likeness (QED) is 0.0755. The molecular weight excluding hydrogens is 429 g/mol. The summed E-state index contributed by atoms with van der Waals surface area (Å²) in [6.07, 6.45) is 26.1. The molecule has 0 aromatic carbocycles. The summed E-state index contributed by atoms with van der Waals surface area (Å²) in [6, 6.07) is 0. The molecule has 0 heterocycles. The van der Waals surface area contributed by atoms with Gasteiger partial charge in [0, 0.05) is 14.3 Å². The van der Waals surface area contributed by atoms with Crippen molar-refractivity contribution in [3.8, 4) is 0 Å². The van der Waals surface area contributed by atoms with Gasteiger partial charge in [0.15, 0.2) is 0 Å². The van der Waals surface area contributed by atoms with Gasteiger partial charge in [-0.25, -0.2) is 0 Å². The second-order valence-electron chi connectivity index (χ2n) is 8.49. The number of nitrogens with zero attached hydrogens (tertiary/aromatic N) is 1. The molecule has 0 saturated carbocycles. The number of unbranched alkanes of at least 4 members (excludes halogenated alkanes) is 10. The summed E-state index contributed by atoms with van der Waals surface area (Å²) in [5, 5.41) is 11.1. The Hall–Kier alpha value is 0.380. The van der Waals surface area contributed by atoms with E-state index in [0.29, 0.717) is 6.42 Å². The van der Waals surface area contributed by atoms with Crippen molar-refractivity contribution in [2.45, 2.75) is 117 Å². The zero-order chi connectivity index (χ0) is 20.2. The van der Waals surface area contributed by atoms with E-state index in [-0.39, 0.29) is 22.9 Å². The van der Waals surface area contributed by atoms with Crippen LogP contribution in [-0.2, 0) is 0 Å². The van der Waals surface area contributed by atoms with Crippen LogP contribution in [0.2, 0.25) is 0 Å². The maximum atomic E-state index is 11.1. The first-order valence-electron chi connectivity index (χ1n) is 12.1. The van der Waals surface area contributed by atoms with Gasteiger partial charge in [-0.3, -0.25) is 0 Å². The Balaban J connectivity index is 0. The highest BCUT2D eigenvalue weighted by Gasteiger charge is 2.34. The SMILES string of the molecule is Br.CCCC[P+](CCCC)(CCCC)CCCCCCCCCCC([O-])=NC. The lowest BCUT2D eigenvalue weighted by Gasteiger charge is -2.28. The van der Waals surface area contributed by atoms with Crippen LogP contribution < -0.4 is 5.11 Å². The Morgan fingerprint density at radius 3 is 1.36 bits per heavy atom. The van der Waals surface area contributed by atoms with Crippen molar-refractivity contribution in [2.75, 3.05) is 31.7 Å². The molecule has 4 heteroatoms. The molecule has 0 rings (SSSR count). The van der Waals surface area contributed by atoms with Gasteiger partial charge in [-0.05, 0) is 50.8 Å². The predicted molar refractivity (Wildman–Crippen MR) is 136 cm³/mol. The van der Waals surface area contributed by atoms with Gasteiger partial charge in [0.1, 0.15) is 0 Å². The molecule has 170 valence electrons. The maximum absolute atomic E-state index is 11.1. The van der Waals surface area contributed by atoms with Crippen LogP contribution in [0.25, 0.3) is 0 Å². The van der Waals surface area contributed by atoms with Crippen LogP contribution in [0.5, 0.6) is 0 Å². The van der Waals surface area contributed by atoms with E-state index in [1.54, 1.807) is 31.7 Å². The molecule has 0 aromatic heterocycles. The van der Waals surface area contributed by atoms with Gasteiger partial charge in [-0.1, -0.05) is 72.1 Å². The van der Waals surface area contributed by atoms with Crippen molar-refractivity contribution in [1.82, 2.24) is 0 Å². The van der Waals surface area contributed by atoms with Crippen molar-refractivity contribution in [3.63, 3.8) is 0 Å². The molecule has 0 aliphatic rings. The second-order valence-corrected chi connectivity index (χ2v) is 13.0. The second kappa shape index (κ2) is 22.1. The van der Waals surface area contributed by atoms with Crippen LogP contribution in [-0.4, -0.2) is 37.6 Å². The minimum absolute atomic E-state index is 0.